The van der Waals surface area contributed by atoms with E-state index in [0.29, 0.717) is 6.04 Å². The van der Waals surface area contributed by atoms with Gasteiger partial charge in [0.2, 0.25) is 0 Å². The third kappa shape index (κ3) is 8.49. The lowest BCUT2D eigenvalue weighted by Crippen LogP contribution is -2.43. The highest BCUT2D eigenvalue weighted by Crippen LogP contribution is 2.29. The quantitative estimate of drug-likeness (QED) is 0.535. The maximum absolute atomic E-state index is 2.65. The third-order valence-corrected chi connectivity index (χ3v) is 5.97. The minimum atomic E-state index is 0.708. The fraction of sp³-hybridized carbons (Fsp3) is 0.692. The first-order valence-corrected chi connectivity index (χ1v) is 11.9. The van der Waals surface area contributed by atoms with Crippen LogP contribution in [0.15, 0.2) is 36.4 Å². The largest absolute Gasteiger partial charge is 0.305 e. The van der Waals surface area contributed by atoms with Gasteiger partial charge in [0.1, 0.15) is 0 Å². The summed E-state index contributed by atoms with van der Waals surface area (Å²) < 4.78 is 0. The molecular formula is C26H46N2. The number of rotatable bonds is 6. The topological polar surface area (TPSA) is 6.48 Å². The Morgan fingerprint density at radius 1 is 0.964 bits per heavy atom. The van der Waals surface area contributed by atoms with Crippen LogP contribution in [0.25, 0.3) is 5.57 Å². The van der Waals surface area contributed by atoms with E-state index in [4.69, 9.17) is 0 Å². The summed E-state index contributed by atoms with van der Waals surface area (Å²) in [7, 11) is 4.53. The standard InChI is InChI=1S/C22H34N2.2C2H6/c1-23(2)22(17-19-9-5-3-6-10-19)18-24-15-13-21(14-16-24)20-11-7-4-8-12-20;2*1-2/h4,7-8,11-13,19,22H,3,5-6,9-10,14-18H2,1-2H3;2*1-2H3. The summed E-state index contributed by atoms with van der Waals surface area (Å²) in [4.78, 5) is 5.12. The van der Waals surface area contributed by atoms with Crippen molar-refractivity contribution in [1.29, 1.82) is 0 Å². The highest BCUT2D eigenvalue weighted by atomic mass is 15.2. The second-order valence-electron chi connectivity index (χ2n) is 7.96. The summed E-state index contributed by atoms with van der Waals surface area (Å²) in [5, 5.41) is 0. The zero-order chi connectivity index (χ0) is 20.8. The molecule has 2 nitrogen and oxygen atoms in total. The maximum Gasteiger partial charge on any atom is 0.0219 e. The molecule has 0 N–H and O–H groups in total. The molecule has 0 aromatic heterocycles. The minimum Gasteiger partial charge on any atom is -0.305 e. The van der Waals surface area contributed by atoms with Crippen LogP contribution in [0.2, 0.25) is 0 Å². The zero-order valence-corrected chi connectivity index (χ0v) is 19.6. The Bertz CT molecular complexity index is 514. The van der Waals surface area contributed by atoms with Crippen molar-refractivity contribution in [3.05, 3.63) is 42.0 Å². The maximum atomic E-state index is 2.65. The van der Waals surface area contributed by atoms with Gasteiger partial charge in [-0.25, -0.2) is 0 Å². The molecule has 0 bridgehead atoms. The number of hydrogen-bond donors (Lipinski definition) is 0. The predicted molar refractivity (Wildman–Crippen MR) is 127 cm³/mol. The molecule has 1 aliphatic carbocycles. The molecule has 28 heavy (non-hydrogen) atoms. The smallest absolute Gasteiger partial charge is 0.0219 e. The van der Waals surface area contributed by atoms with E-state index in [-0.39, 0.29) is 0 Å². The van der Waals surface area contributed by atoms with Gasteiger partial charge in [0.25, 0.3) is 0 Å². The SMILES string of the molecule is CC.CC.CN(C)C(CC1CCCCC1)CN1CC=C(c2ccccc2)CC1. The molecule has 1 fully saturated rings. The van der Waals surface area contributed by atoms with Gasteiger partial charge in [-0.1, -0.05) is 96.2 Å². The van der Waals surface area contributed by atoms with Gasteiger partial charge in [-0.2, -0.15) is 0 Å². The highest BCUT2D eigenvalue weighted by molar-refractivity contribution is 5.66. The Kier molecular flexibility index (Phi) is 13.2. The predicted octanol–water partition coefficient (Wildman–Crippen LogP) is 6.73. The summed E-state index contributed by atoms with van der Waals surface area (Å²) >= 11 is 0. The summed E-state index contributed by atoms with van der Waals surface area (Å²) in [5.74, 6) is 0.964. The molecule has 160 valence electrons. The second-order valence-corrected chi connectivity index (χ2v) is 7.96. The van der Waals surface area contributed by atoms with Crippen LogP contribution in [-0.4, -0.2) is 49.6 Å². The molecule has 0 amide bonds. The van der Waals surface area contributed by atoms with E-state index in [1.54, 1.807) is 0 Å². The van der Waals surface area contributed by atoms with Crippen molar-refractivity contribution >= 4 is 5.57 Å². The lowest BCUT2D eigenvalue weighted by Gasteiger charge is -2.35. The minimum absolute atomic E-state index is 0.708. The lowest BCUT2D eigenvalue weighted by molar-refractivity contribution is 0.157. The third-order valence-electron chi connectivity index (χ3n) is 5.97. The van der Waals surface area contributed by atoms with Crippen molar-refractivity contribution in [3.8, 4) is 0 Å². The summed E-state index contributed by atoms with van der Waals surface area (Å²) in [5.41, 5.74) is 2.93. The normalized spacial score (nSPS) is 19.0. The monoisotopic (exact) mass is 386 g/mol. The highest BCUT2D eigenvalue weighted by Gasteiger charge is 2.23. The summed E-state index contributed by atoms with van der Waals surface area (Å²) in [6.07, 6.45) is 12.3. The van der Waals surface area contributed by atoms with Gasteiger partial charge >= 0.3 is 0 Å². The molecule has 1 unspecified atom stereocenters. The molecule has 2 aliphatic rings. The van der Waals surface area contributed by atoms with E-state index in [1.165, 1.54) is 69.2 Å². The van der Waals surface area contributed by atoms with Crippen molar-refractivity contribution in [2.75, 3.05) is 33.7 Å². The van der Waals surface area contributed by atoms with Crippen LogP contribution >= 0.6 is 0 Å². The van der Waals surface area contributed by atoms with Crippen molar-refractivity contribution < 1.29 is 0 Å². The number of benzene rings is 1. The van der Waals surface area contributed by atoms with E-state index in [2.05, 4.69) is 60.3 Å². The van der Waals surface area contributed by atoms with E-state index < -0.39 is 0 Å². The molecule has 0 saturated heterocycles. The Morgan fingerprint density at radius 2 is 1.61 bits per heavy atom. The van der Waals surface area contributed by atoms with Crippen LogP contribution < -0.4 is 0 Å². The molecule has 1 aliphatic heterocycles. The van der Waals surface area contributed by atoms with Crippen LogP contribution in [0.5, 0.6) is 0 Å². The molecule has 1 atom stereocenters. The summed E-state index contributed by atoms with van der Waals surface area (Å²) in [6, 6.07) is 11.6. The average Bonchev–Trinajstić information content (AvgIpc) is 2.78. The van der Waals surface area contributed by atoms with Crippen LogP contribution in [0.3, 0.4) is 0 Å². The molecule has 2 heteroatoms. The summed E-state index contributed by atoms with van der Waals surface area (Å²) in [6.45, 7) is 11.5. The fourth-order valence-corrected chi connectivity index (χ4v) is 4.35. The molecular weight excluding hydrogens is 340 g/mol. The number of hydrogen-bond acceptors (Lipinski definition) is 2. The number of likely N-dealkylation sites (N-methyl/N-ethyl adjacent to an activating group) is 1. The lowest BCUT2D eigenvalue weighted by atomic mass is 9.84. The van der Waals surface area contributed by atoms with Gasteiger partial charge in [-0.15, -0.1) is 0 Å². The molecule has 0 radical (unpaired) electrons. The van der Waals surface area contributed by atoms with E-state index in [0.717, 1.165) is 12.5 Å². The first-order chi connectivity index (χ1) is 13.7. The van der Waals surface area contributed by atoms with E-state index in [9.17, 15) is 0 Å². The van der Waals surface area contributed by atoms with Gasteiger partial charge in [0, 0.05) is 25.7 Å². The van der Waals surface area contributed by atoms with Crippen molar-refractivity contribution in [1.82, 2.24) is 9.80 Å². The Hall–Kier alpha value is -1.12. The molecule has 3 rings (SSSR count). The van der Waals surface area contributed by atoms with Crippen LogP contribution in [0.4, 0.5) is 0 Å². The number of nitrogens with zero attached hydrogens (tertiary/aromatic N) is 2. The van der Waals surface area contributed by atoms with Gasteiger partial charge in [-0.3, -0.25) is 4.90 Å². The molecule has 1 saturated carbocycles. The molecule has 1 aromatic rings. The zero-order valence-electron chi connectivity index (χ0n) is 19.6. The van der Waals surface area contributed by atoms with Gasteiger partial charge in [0.15, 0.2) is 0 Å². The molecule has 1 heterocycles. The van der Waals surface area contributed by atoms with Crippen LogP contribution in [0.1, 0.15) is 78.2 Å². The second kappa shape index (κ2) is 14.8. The fourth-order valence-electron chi connectivity index (χ4n) is 4.35. The Morgan fingerprint density at radius 3 is 2.14 bits per heavy atom. The van der Waals surface area contributed by atoms with Crippen molar-refractivity contribution in [3.63, 3.8) is 0 Å². The first kappa shape index (κ1) is 24.9. The molecule has 1 aromatic carbocycles. The van der Waals surface area contributed by atoms with Crippen LogP contribution in [-0.2, 0) is 0 Å². The Balaban J connectivity index is 0.000000921. The van der Waals surface area contributed by atoms with Gasteiger partial charge < -0.3 is 4.90 Å². The van der Waals surface area contributed by atoms with Crippen molar-refractivity contribution in [2.45, 2.75) is 78.7 Å². The Labute approximate surface area is 176 Å². The van der Waals surface area contributed by atoms with Gasteiger partial charge in [0.05, 0.1) is 0 Å². The van der Waals surface area contributed by atoms with E-state index in [1.807, 2.05) is 27.7 Å². The van der Waals surface area contributed by atoms with E-state index >= 15 is 0 Å². The van der Waals surface area contributed by atoms with Crippen LogP contribution in [0, 0.1) is 5.92 Å². The average molecular weight is 387 g/mol. The molecule has 0 spiro atoms. The van der Waals surface area contributed by atoms with Crippen molar-refractivity contribution in [2.24, 2.45) is 5.92 Å². The first-order valence-electron chi connectivity index (χ1n) is 11.9. The van der Waals surface area contributed by atoms with Gasteiger partial charge in [-0.05, 0) is 44.0 Å².